The second-order valence-electron chi connectivity index (χ2n) is 16.5. The minimum Gasteiger partial charge on any atom is -0.398 e. The average Bonchev–Trinajstić information content (AvgIpc) is 3.82. The fraction of sp³-hybridized carbons (Fsp3) is 0. The van der Waals surface area contributed by atoms with Crippen molar-refractivity contribution in [2.75, 3.05) is 26.6 Å². The van der Waals surface area contributed by atoms with E-state index in [1.54, 1.807) is 103 Å². The van der Waals surface area contributed by atoms with Crippen LogP contribution in [0, 0.1) is 0 Å². The zero-order valence-corrected chi connectivity index (χ0v) is 45.8. The van der Waals surface area contributed by atoms with E-state index in [4.69, 9.17) is 77.3 Å². The van der Waals surface area contributed by atoms with Crippen molar-refractivity contribution in [1.29, 1.82) is 0 Å². The van der Waals surface area contributed by atoms with Crippen LogP contribution in [0.15, 0.2) is 182 Å². The van der Waals surface area contributed by atoms with Crippen LogP contribution < -0.4 is 26.6 Å². The summed E-state index contributed by atoms with van der Waals surface area (Å²) >= 11 is 23.8. The Morgan fingerprint density at radius 2 is 0.740 bits per heavy atom. The molecule has 11 N–H and O–H groups in total. The summed E-state index contributed by atoms with van der Waals surface area (Å²) in [6, 6.07) is 41.4. The van der Waals surface area contributed by atoms with Crippen molar-refractivity contribution in [3.63, 3.8) is 0 Å². The Kier molecular flexibility index (Phi) is 15.6. The third kappa shape index (κ3) is 11.5. The molecule has 10 aromatic carbocycles. The molecule has 0 bridgehead atoms. The van der Waals surface area contributed by atoms with Gasteiger partial charge in [0.25, 0.3) is 50.4 Å². The van der Waals surface area contributed by atoms with Crippen molar-refractivity contribution in [3.05, 3.63) is 178 Å². The first-order chi connectivity index (χ1) is 36.0. The smallest absolute Gasteiger partial charge is 0.295 e. The topological polar surface area (TPSA) is 334 Å². The molecule has 10 aromatic rings. The Morgan fingerprint density at radius 3 is 1.30 bits per heavy atom. The second-order valence-corrected chi connectivity index (χ2v) is 25.6. The predicted octanol–water partition coefficient (Wildman–Crippen LogP) is 11.5. The zero-order valence-electron chi connectivity index (χ0n) is 38.7. The van der Waals surface area contributed by atoms with E-state index in [0.717, 1.165) is 5.39 Å². The van der Waals surface area contributed by atoms with Crippen LogP contribution in [0.5, 0.6) is 0 Å². The van der Waals surface area contributed by atoms with Crippen LogP contribution in [0.4, 0.5) is 28.4 Å². The van der Waals surface area contributed by atoms with Gasteiger partial charge < -0.3 is 17.2 Å². The number of benzene rings is 10. The van der Waals surface area contributed by atoms with Crippen LogP contribution in [0.2, 0.25) is 20.1 Å². The zero-order chi connectivity index (χ0) is 56.2. The van der Waals surface area contributed by atoms with E-state index in [1.165, 1.54) is 48.5 Å². The lowest BCUT2D eigenvalue weighted by atomic mass is 10.1. The van der Waals surface area contributed by atoms with Crippen molar-refractivity contribution in [3.8, 4) is 0 Å². The van der Waals surface area contributed by atoms with Gasteiger partial charge in [0, 0.05) is 85.3 Å². The summed E-state index contributed by atoms with van der Waals surface area (Å²) in [6.45, 7) is 0. The number of nitrogen functional groups attached to an aromatic ring is 3. The molecule has 0 radical (unpaired) electrons. The number of rotatable bonds is 3. The van der Waals surface area contributed by atoms with Gasteiger partial charge in [-0.2, -0.15) is 25.3 Å². The normalized spacial score (nSPS) is 13.7. The van der Waals surface area contributed by atoms with Gasteiger partial charge in [0.05, 0.1) is 26.9 Å². The lowest BCUT2D eigenvalue weighted by molar-refractivity contribution is 0.482. The van der Waals surface area contributed by atoms with Gasteiger partial charge in [0.2, 0.25) is 0 Å². The SMILES string of the molecule is Nc1ccc(S(=O)(=O)O)c2ccccc12.Nc1ccc2c(Cl)ccc3c2c1NS3(=O)=O.Nc1cccc2c(Cl)ccc(S(=O)(=O)O)c12.O=S(=O)(O)c1ccc(Cl)c2ccccc12.O=S1(=O)Nc2cccc3c(Cl)ccc1c23. The van der Waals surface area contributed by atoms with Crippen LogP contribution >= 0.6 is 46.4 Å². The maximum Gasteiger partial charge on any atom is 0.295 e. The molecule has 0 aliphatic carbocycles. The maximum absolute atomic E-state index is 11.8. The summed E-state index contributed by atoms with van der Waals surface area (Å²) in [5, 5.41) is 7.46. The molecule has 27 heteroatoms. The summed E-state index contributed by atoms with van der Waals surface area (Å²) in [5.41, 5.74) is 19.3. The molecule has 0 saturated heterocycles. The largest absolute Gasteiger partial charge is 0.398 e. The average molecular weight is 1220 g/mol. The van der Waals surface area contributed by atoms with Crippen molar-refractivity contribution in [2.45, 2.75) is 24.5 Å². The molecule has 0 atom stereocenters. The first-order valence-electron chi connectivity index (χ1n) is 21.6. The molecule has 12 rings (SSSR count). The summed E-state index contributed by atoms with van der Waals surface area (Å²) in [4.78, 5) is 0.0616. The van der Waals surface area contributed by atoms with Crippen molar-refractivity contribution < 1.29 is 55.7 Å². The first kappa shape index (κ1) is 56.5. The van der Waals surface area contributed by atoms with E-state index in [9.17, 15) is 42.1 Å². The highest BCUT2D eigenvalue weighted by molar-refractivity contribution is 7.93. The quantitative estimate of drug-likeness (QED) is 0.0602. The first-order valence-corrected chi connectivity index (χ1v) is 30.4. The Balaban J connectivity index is 0.000000127. The van der Waals surface area contributed by atoms with Gasteiger partial charge in [-0.05, 0) is 78.9 Å². The van der Waals surface area contributed by atoms with E-state index in [-0.39, 0.29) is 30.7 Å². The van der Waals surface area contributed by atoms with E-state index >= 15 is 0 Å². The lowest BCUT2D eigenvalue weighted by Gasteiger charge is -2.07. The molecular weight excluding hydrogens is 1180 g/mol. The van der Waals surface area contributed by atoms with Gasteiger partial charge in [-0.1, -0.05) is 125 Å². The van der Waals surface area contributed by atoms with Crippen molar-refractivity contribution in [2.24, 2.45) is 0 Å². The molecule has 0 aromatic heterocycles. The number of hydrogen-bond donors (Lipinski definition) is 8. The minimum absolute atomic E-state index is 0.118. The Morgan fingerprint density at radius 1 is 0.351 bits per heavy atom. The molecule has 2 aliphatic rings. The van der Waals surface area contributed by atoms with Gasteiger partial charge in [0.1, 0.15) is 14.7 Å². The summed E-state index contributed by atoms with van der Waals surface area (Å²) in [6.07, 6.45) is 0. The molecule has 0 unspecified atom stereocenters. The number of sulfonamides is 2. The van der Waals surface area contributed by atoms with Gasteiger partial charge in [-0.15, -0.1) is 0 Å². The molecule has 77 heavy (non-hydrogen) atoms. The molecule has 2 heterocycles. The van der Waals surface area contributed by atoms with Crippen LogP contribution in [0.3, 0.4) is 0 Å². The van der Waals surface area contributed by atoms with E-state index < -0.39 is 50.4 Å². The number of anilines is 5. The Labute approximate surface area is 460 Å². The van der Waals surface area contributed by atoms with Gasteiger partial charge in [0.15, 0.2) is 0 Å². The highest BCUT2D eigenvalue weighted by Gasteiger charge is 2.30. The van der Waals surface area contributed by atoms with Gasteiger partial charge >= 0.3 is 0 Å². The summed E-state index contributed by atoms with van der Waals surface area (Å²) < 4.78 is 146. The lowest BCUT2D eigenvalue weighted by Crippen LogP contribution is -2.07. The number of hydrogen-bond acceptors (Lipinski definition) is 13. The monoisotopic (exact) mass is 1210 g/mol. The highest BCUT2D eigenvalue weighted by Crippen LogP contribution is 2.44. The van der Waals surface area contributed by atoms with Crippen molar-refractivity contribution in [1.82, 2.24) is 0 Å². The standard InChI is InChI=1S/C10H7ClN2O2S.C10H8ClNO3S.C10H6ClNO2S.C10H7ClO3S.C10H9NO3S/c11-6-2-4-8-9-5(6)1-3-7(12)10(9)13-16(8,14)15;11-7-4-5-9(16(13,14)15)10-6(7)2-1-3-8(10)12;11-7-4-5-9-10-6(7)2-1-3-8(10)12-15(9,13)14;2*11-9-5-6-10(15(12,13)14)8-4-2-1-3-7(8)9/h1-4,13H,12H2;1-5H,12H2,(H,13,14,15);1-5,12H;1-6H,(H,12,13,14);1-6H,11H2,(H,12,13,14). The summed E-state index contributed by atoms with van der Waals surface area (Å²) in [7, 11) is -19.6. The maximum atomic E-state index is 11.8. The molecule has 0 fully saturated rings. The molecule has 18 nitrogen and oxygen atoms in total. The number of fused-ring (bicyclic) bond motifs is 3. The molecule has 0 spiro atoms. The number of nitrogens with two attached hydrogens (primary N) is 3. The summed E-state index contributed by atoms with van der Waals surface area (Å²) in [5.74, 6) is 0. The van der Waals surface area contributed by atoms with Crippen LogP contribution in [0.25, 0.3) is 53.9 Å². The number of halogens is 4. The molecule has 398 valence electrons. The van der Waals surface area contributed by atoms with E-state index in [2.05, 4.69) is 9.44 Å². The highest BCUT2D eigenvalue weighted by atomic mass is 35.5. The fourth-order valence-corrected chi connectivity index (χ4v) is 14.0. The number of nitrogens with one attached hydrogen (secondary N) is 2. The van der Waals surface area contributed by atoms with Crippen LogP contribution in [0.1, 0.15) is 0 Å². The third-order valence-electron chi connectivity index (χ3n) is 11.7. The molecule has 2 aliphatic heterocycles. The van der Waals surface area contributed by atoms with Crippen LogP contribution in [-0.2, 0) is 50.4 Å². The molecular formula is C50H37Cl4N5O13S5. The van der Waals surface area contributed by atoms with E-state index in [0.29, 0.717) is 90.8 Å². The van der Waals surface area contributed by atoms with Gasteiger partial charge in [-0.3, -0.25) is 23.1 Å². The Bertz CT molecular complexity index is 4570. The fourth-order valence-electron chi connectivity index (χ4n) is 8.33. The molecule has 0 saturated carbocycles. The van der Waals surface area contributed by atoms with Crippen LogP contribution in [-0.4, -0.2) is 55.7 Å². The van der Waals surface area contributed by atoms with Crippen molar-refractivity contribution >= 4 is 179 Å². The van der Waals surface area contributed by atoms with Gasteiger partial charge in [-0.25, -0.2) is 16.8 Å². The minimum atomic E-state index is -4.31. The van der Waals surface area contributed by atoms with E-state index in [1.807, 2.05) is 6.07 Å². The third-order valence-corrected chi connectivity index (χ3v) is 18.5. The second kappa shape index (κ2) is 21.3. The molecule has 0 amide bonds. The predicted molar refractivity (Wildman–Crippen MR) is 304 cm³/mol. The Hall–Kier alpha value is -6.71.